The highest BCUT2D eigenvalue weighted by atomic mass is 35.5. The lowest BCUT2D eigenvalue weighted by Gasteiger charge is -2.11. The highest BCUT2D eigenvalue weighted by molar-refractivity contribution is 7.99. The van der Waals surface area contributed by atoms with Gasteiger partial charge in [-0.15, -0.1) is 10.2 Å². The largest absolute Gasteiger partial charge is 0.385 e. The predicted molar refractivity (Wildman–Crippen MR) is 130 cm³/mol. The summed E-state index contributed by atoms with van der Waals surface area (Å²) in [4.78, 5) is 12.0. The van der Waals surface area contributed by atoms with Crippen LogP contribution in [-0.4, -0.2) is 46.7 Å². The monoisotopic (exact) mass is 492 g/mol. The number of methoxy groups -OCH3 is 1. The Labute approximate surface area is 202 Å². The van der Waals surface area contributed by atoms with E-state index in [4.69, 9.17) is 27.9 Å². The molecule has 1 aromatic heterocycles. The van der Waals surface area contributed by atoms with Crippen LogP contribution in [0.25, 0.3) is 5.69 Å². The first-order valence-corrected chi connectivity index (χ1v) is 12.1. The SMILES string of the molecule is COCCCNC(=O)CCCSc1nnc(Cc2ccccc2)n1-c1ccc(Cl)c(Cl)c1. The van der Waals surface area contributed by atoms with E-state index in [-0.39, 0.29) is 5.91 Å². The van der Waals surface area contributed by atoms with Crippen LogP contribution in [0.3, 0.4) is 0 Å². The fourth-order valence-electron chi connectivity index (χ4n) is 3.10. The molecule has 6 nitrogen and oxygen atoms in total. The Bertz CT molecular complexity index is 1010. The van der Waals surface area contributed by atoms with E-state index in [0.29, 0.717) is 36.0 Å². The molecule has 0 bridgehead atoms. The molecule has 0 fully saturated rings. The van der Waals surface area contributed by atoms with Gasteiger partial charge in [0.2, 0.25) is 5.91 Å². The van der Waals surface area contributed by atoms with Crippen LogP contribution in [0.4, 0.5) is 0 Å². The summed E-state index contributed by atoms with van der Waals surface area (Å²) in [5.41, 5.74) is 2.00. The number of benzene rings is 2. The van der Waals surface area contributed by atoms with Crippen molar-refractivity contribution >= 4 is 40.9 Å². The number of carbonyl (C=O) groups is 1. The number of thioether (sulfide) groups is 1. The Morgan fingerprint density at radius 2 is 1.91 bits per heavy atom. The summed E-state index contributed by atoms with van der Waals surface area (Å²) < 4.78 is 6.99. The molecule has 2 aromatic carbocycles. The van der Waals surface area contributed by atoms with E-state index in [1.807, 2.05) is 34.9 Å². The summed E-state index contributed by atoms with van der Waals surface area (Å²) in [6, 6.07) is 15.6. The van der Waals surface area contributed by atoms with Crippen LogP contribution in [-0.2, 0) is 16.0 Å². The highest BCUT2D eigenvalue weighted by Crippen LogP contribution is 2.29. The first-order chi connectivity index (χ1) is 15.6. The number of halogens is 2. The van der Waals surface area contributed by atoms with Gasteiger partial charge in [-0.3, -0.25) is 9.36 Å². The molecule has 0 atom stereocenters. The van der Waals surface area contributed by atoms with Crippen molar-refractivity contribution < 1.29 is 9.53 Å². The van der Waals surface area contributed by atoms with Crippen LogP contribution >= 0.6 is 35.0 Å². The van der Waals surface area contributed by atoms with Gasteiger partial charge < -0.3 is 10.1 Å². The van der Waals surface area contributed by atoms with Crippen molar-refractivity contribution in [2.75, 3.05) is 26.0 Å². The third-order valence-electron chi connectivity index (χ3n) is 4.69. The standard InChI is InChI=1S/C23H26Cl2N4O2S/c1-31-13-6-12-26-22(30)9-5-14-32-23-28-27-21(15-17-7-3-2-4-8-17)29(23)18-10-11-19(24)20(25)16-18/h2-4,7-8,10-11,16H,5-6,9,12-15H2,1H3,(H,26,30). The minimum atomic E-state index is 0.0532. The van der Waals surface area contributed by atoms with Crippen LogP contribution in [0, 0.1) is 0 Å². The van der Waals surface area contributed by atoms with Gasteiger partial charge in [0.25, 0.3) is 0 Å². The second kappa shape index (κ2) is 12.8. The fourth-order valence-corrected chi connectivity index (χ4v) is 4.30. The van der Waals surface area contributed by atoms with Crippen molar-refractivity contribution in [2.45, 2.75) is 30.8 Å². The minimum absolute atomic E-state index is 0.0532. The van der Waals surface area contributed by atoms with Gasteiger partial charge in [-0.1, -0.05) is 65.3 Å². The van der Waals surface area contributed by atoms with E-state index in [9.17, 15) is 4.79 Å². The summed E-state index contributed by atoms with van der Waals surface area (Å²) in [5, 5.41) is 13.5. The lowest BCUT2D eigenvalue weighted by Crippen LogP contribution is -2.24. The molecular weight excluding hydrogens is 467 g/mol. The predicted octanol–water partition coefficient (Wildman–Crippen LogP) is 5.19. The molecule has 0 unspecified atom stereocenters. The number of rotatable bonds is 12. The summed E-state index contributed by atoms with van der Waals surface area (Å²) in [5.74, 6) is 1.61. The number of aromatic nitrogens is 3. The van der Waals surface area contributed by atoms with E-state index in [1.54, 1.807) is 24.9 Å². The average Bonchev–Trinajstić information content (AvgIpc) is 3.19. The number of nitrogens with one attached hydrogen (secondary N) is 1. The molecule has 32 heavy (non-hydrogen) atoms. The first kappa shape index (κ1) is 24.6. The van der Waals surface area contributed by atoms with E-state index in [2.05, 4.69) is 27.6 Å². The third kappa shape index (κ3) is 7.24. The molecule has 0 aliphatic rings. The number of carbonyl (C=O) groups excluding carboxylic acids is 1. The highest BCUT2D eigenvalue weighted by Gasteiger charge is 2.16. The maximum atomic E-state index is 12.0. The lowest BCUT2D eigenvalue weighted by atomic mass is 10.1. The van der Waals surface area contributed by atoms with Gasteiger partial charge in [0, 0.05) is 38.9 Å². The molecule has 0 aliphatic carbocycles. The molecule has 1 heterocycles. The van der Waals surface area contributed by atoms with E-state index in [0.717, 1.165) is 40.8 Å². The Morgan fingerprint density at radius 3 is 2.66 bits per heavy atom. The van der Waals surface area contributed by atoms with Gasteiger partial charge in [-0.05, 0) is 36.6 Å². The summed E-state index contributed by atoms with van der Waals surface area (Å²) in [6.45, 7) is 1.28. The molecular formula is C23H26Cl2N4O2S. The maximum absolute atomic E-state index is 12.0. The molecule has 0 aliphatic heterocycles. The zero-order valence-corrected chi connectivity index (χ0v) is 20.2. The van der Waals surface area contributed by atoms with Gasteiger partial charge in [0.15, 0.2) is 5.16 Å². The van der Waals surface area contributed by atoms with Crippen LogP contribution in [0.15, 0.2) is 53.7 Å². The van der Waals surface area contributed by atoms with Gasteiger partial charge in [-0.2, -0.15) is 0 Å². The normalized spacial score (nSPS) is 11.0. The number of nitrogens with zero attached hydrogens (tertiary/aromatic N) is 3. The molecule has 0 saturated heterocycles. The minimum Gasteiger partial charge on any atom is -0.385 e. The number of hydrogen-bond acceptors (Lipinski definition) is 5. The molecule has 9 heteroatoms. The van der Waals surface area contributed by atoms with Crippen molar-refractivity contribution in [2.24, 2.45) is 0 Å². The molecule has 0 saturated carbocycles. The van der Waals surface area contributed by atoms with E-state index in [1.165, 1.54) is 0 Å². The molecule has 170 valence electrons. The van der Waals surface area contributed by atoms with Crippen molar-refractivity contribution in [3.63, 3.8) is 0 Å². The van der Waals surface area contributed by atoms with Gasteiger partial charge >= 0.3 is 0 Å². The Morgan fingerprint density at radius 1 is 1.09 bits per heavy atom. The molecule has 3 rings (SSSR count). The molecule has 0 radical (unpaired) electrons. The number of hydrogen-bond donors (Lipinski definition) is 1. The zero-order valence-electron chi connectivity index (χ0n) is 17.9. The van der Waals surface area contributed by atoms with Crippen LogP contribution in [0.5, 0.6) is 0 Å². The van der Waals surface area contributed by atoms with E-state index >= 15 is 0 Å². The van der Waals surface area contributed by atoms with Crippen LogP contribution < -0.4 is 5.32 Å². The second-order valence-electron chi connectivity index (χ2n) is 7.14. The Hall–Kier alpha value is -2.06. The van der Waals surface area contributed by atoms with Crippen molar-refractivity contribution in [3.05, 3.63) is 70.0 Å². The summed E-state index contributed by atoms with van der Waals surface area (Å²) in [6.07, 6.45) is 2.66. The van der Waals surface area contributed by atoms with Crippen molar-refractivity contribution in [1.82, 2.24) is 20.1 Å². The van der Waals surface area contributed by atoms with Gasteiger partial charge in [-0.25, -0.2) is 0 Å². The summed E-state index contributed by atoms with van der Waals surface area (Å²) >= 11 is 14.0. The van der Waals surface area contributed by atoms with Gasteiger partial charge in [0.1, 0.15) is 5.82 Å². The first-order valence-electron chi connectivity index (χ1n) is 10.4. The second-order valence-corrected chi connectivity index (χ2v) is 9.02. The average molecular weight is 493 g/mol. The fraction of sp³-hybridized carbons (Fsp3) is 0.348. The van der Waals surface area contributed by atoms with Crippen molar-refractivity contribution in [1.29, 1.82) is 0 Å². The molecule has 3 aromatic rings. The Balaban J connectivity index is 1.67. The van der Waals surface area contributed by atoms with Crippen LogP contribution in [0.1, 0.15) is 30.7 Å². The van der Waals surface area contributed by atoms with E-state index < -0.39 is 0 Å². The molecule has 1 N–H and O–H groups in total. The quantitative estimate of drug-likeness (QED) is 0.278. The summed E-state index contributed by atoms with van der Waals surface area (Å²) in [7, 11) is 1.65. The molecule has 0 spiro atoms. The molecule has 1 amide bonds. The Kier molecular flexibility index (Phi) is 9.87. The van der Waals surface area contributed by atoms with Crippen LogP contribution in [0.2, 0.25) is 10.0 Å². The lowest BCUT2D eigenvalue weighted by molar-refractivity contribution is -0.121. The topological polar surface area (TPSA) is 69.0 Å². The maximum Gasteiger partial charge on any atom is 0.220 e. The number of amides is 1. The zero-order chi connectivity index (χ0) is 22.8. The number of ether oxygens (including phenoxy) is 1. The third-order valence-corrected chi connectivity index (χ3v) is 6.45. The van der Waals surface area contributed by atoms with Crippen molar-refractivity contribution in [3.8, 4) is 5.69 Å². The van der Waals surface area contributed by atoms with Gasteiger partial charge in [0.05, 0.1) is 15.7 Å². The smallest absolute Gasteiger partial charge is 0.220 e.